The Morgan fingerprint density at radius 2 is 2.07 bits per heavy atom. The topological polar surface area (TPSA) is 47.6 Å². The average molecular weight is 190 g/mol. The molecule has 0 aromatic heterocycles. The van der Waals surface area contributed by atoms with Gasteiger partial charge in [-0.1, -0.05) is 24.8 Å². The van der Waals surface area contributed by atoms with Crippen LogP contribution in [0.1, 0.15) is 5.56 Å². The fraction of sp³-hybridized carbons (Fsp3) is 0.182. The van der Waals surface area contributed by atoms with Crippen molar-refractivity contribution >= 4 is 18.2 Å². The van der Waals surface area contributed by atoms with Crippen LogP contribution in [-0.2, 0) is 4.74 Å². The number of hydrogen-bond acceptors (Lipinski definition) is 3. The number of hydrogen-bond donors (Lipinski definition) is 1. The molecule has 1 heterocycles. The van der Waals surface area contributed by atoms with Crippen molar-refractivity contribution in [1.82, 2.24) is 0 Å². The minimum Gasteiger partial charge on any atom is -0.482 e. The summed E-state index contributed by atoms with van der Waals surface area (Å²) < 4.78 is 4.65. The van der Waals surface area contributed by atoms with Crippen molar-refractivity contribution in [3.8, 4) is 0 Å². The van der Waals surface area contributed by atoms with Crippen LogP contribution in [0.15, 0.2) is 35.8 Å². The molecule has 0 aliphatic carbocycles. The van der Waals surface area contributed by atoms with Gasteiger partial charge in [-0.25, -0.2) is 0 Å². The molecule has 3 nitrogen and oxygen atoms in total. The summed E-state index contributed by atoms with van der Waals surface area (Å²) in [4.78, 5) is 3.74. The Morgan fingerprint density at radius 1 is 1.36 bits per heavy atom. The second-order valence-corrected chi connectivity index (χ2v) is 2.75. The molecular formula is C11H14N2O. The lowest BCUT2D eigenvalue weighted by atomic mass is 10.2. The standard InChI is InChI=1S/C8H9N.C3H5NO/c1-2-7-3-5-8(9)6-4-7;1-2-5-3-4-1/h2-6H,1,9H2;3H,1-2H2. The van der Waals surface area contributed by atoms with E-state index in [0.29, 0.717) is 0 Å². The van der Waals surface area contributed by atoms with E-state index in [2.05, 4.69) is 16.3 Å². The Kier molecular flexibility index (Phi) is 4.27. The molecule has 2 N–H and O–H groups in total. The van der Waals surface area contributed by atoms with Crippen LogP contribution in [0.3, 0.4) is 0 Å². The van der Waals surface area contributed by atoms with Crippen molar-refractivity contribution in [3.63, 3.8) is 0 Å². The summed E-state index contributed by atoms with van der Waals surface area (Å²) in [5, 5.41) is 0. The van der Waals surface area contributed by atoms with Gasteiger partial charge in [-0.2, -0.15) is 0 Å². The van der Waals surface area contributed by atoms with E-state index >= 15 is 0 Å². The zero-order valence-corrected chi connectivity index (χ0v) is 8.02. The molecule has 14 heavy (non-hydrogen) atoms. The first-order chi connectivity index (χ1) is 6.83. The summed E-state index contributed by atoms with van der Waals surface area (Å²) >= 11 is 0. The molecule has 3 heteroatoms. The highest BCUT2D eigenvalue weighted by molar-refractivity contribution is 5.51. The van der Waals surface area contributed by atoms with Crippen molar-refractivity contribution in [2.75, 3.05) is 18.9 Å². The molecule has 0 amide bonds. The SMILES string of the molecule is C1=NCCO1.C=Cc1ccc(N)cc1. The Labute approximate surface area is 83.9 Å². The van der Waals surface area contributed by atoms with Crippen LogP contribution in [0.25, 0.3) is 6.08 Å². The van der Waals surface area contributed by atoms with E-state index in [1.165, 1.54) is 6.40 Å². The average Bonchev–Trinajstić information content (AvgIpc) is 2.77. The number of nitrogen functional groups attached to an aromatic ring is 1. The quantitative estimate of drug-likeness (QED) is 0.688. The second kappa shape index (κ2) is 5.80. The maximum Gasteiger partial charge on any atom is 0.169 e. The van der Waals surface area contributed by atoms with Crippen molar-refractivity contribution in [2.24, 2.45) is 4.99 Å². The van der Waals surface area contributed by atoms with Gasteiger partial charge in [0.25, 0.3) is 0 Å². The zero-order chi connectivity index (χ0) is 10.2. The van der Waals surface area contributed by atoms with Crippen LogP contribution in [0.5, 0.6) is 0 Å². The third-order valence-electron chi connectivity index (χ3n) is 1.66. The molecular weight excluding hydrogens is 176 g/mol. The van der Waals surface area contributed by atoms with Gasteiger partial charge in [0.15, 0.2) is 6.40 Å². The molecule has 2 rings (SSSR count). The molecule has 1 aliphatic heterocycles. The van der Waals surface area contributed by atoms with Gasteiger partial charge in [-0.15, -0.1) is 0 Å². The molecule has 0 spiro atoms. The predicted octanol–water partition coefficient (Wildman–Crippen LogP) is 1.96. The van der Waals surface area contributed by atoms with E-state index in [1.54, 1.807) is 6.08 Å². The fourth-order valence-corrected chi connectivity index (χ4v) is 0.896. The summed E-state index contributed by atoms with van der Waals surface area (Å²) in [5.74, 6) is 0. The fourth-order valence-electron chi connectivity index (χ4n) is 0.896. The van der Waals surface area contributed by atoms with E-state index in [-0.39, 0.29) is 0 Å². The summed E-state index contributed by atoms with van der Waals surface area (Å²) in [5.41, 5.74) is 7.34. The number of benzene rings is 1. The first-order valence-corrected chi connectivity index (χ1v) is 4.41. The van der Waals surface area contributed by atoms with E-state index in [9.17, 15) is 0 Å². The Hall–Kier alpha value is -1.77. The van der Waals surface area contributed by atoms with Gasteiger partial charge < -0.3 is 10.5 Å². The highest BCUT2D eigenvalue weighted by atomic mass is 16.5. The molecule has 0 radical (unpaired) electrons. The Morgan fingerprint density at radius 3 is 2.43 bits per heavy atom. The van der Waals surface area contributed by atoms with Crippen molar-refractivity contribution in [2.45, 2.75) is 0 Å². The smallest absolute Gasteiger partial charge is 0.169 e. The lowest BCUT2D eigenvalue weighted by molar-refractivity contribution is 0.361. The number of aliphatic imine (C=N–C) groups is 1. The van der Waals surface area contributed by atoms with Gasteiger partial charge in [0.2, 0.25) is 0 Å². The maximum atomic E-state index is 5.45. The lowest BCUT2D eigenvalue weighted by Crippen LogP contribution is -1.81. The zero-order valence-electron chi connectivity index (χ0n) is 8.02. The van der Waals surface area contributed by atoms with Crippen molar-refractivity contribution in [1.29, 1.82) is 0 Å². The first-order valence-electron chi connectivity index (χ1n) is 4.41. The van der Waals surface area contributed by atoms with Crippen LogP contribution < -0.4 is 5.73 Å². The van der Waals surface area contributed by atoms with Crippen molar-refractivity contribution < 1.29 is 4.74 Å². The summed E-state index contributed by atoms with van der Waals surface area (Å²) in [6, 6.07) is 7.58. The van der Waals surface area contributed by atoms with Crippen molar-refractivity contribution in [3.05, 3.63) is 36.4 Å². The van der Waals surface area contributed by atoms with Crippen LogP contribution in [0.4, 0.5) is 5.69 Å². The van der Waals surface area contributed by atoms with Crippen LogP contribution in [-0.4, -0.2) is 19.6 Å². The van der Waals surface area contributed by atoms with E-state index < -0.39 is 0 Å². The third kappa shape index (κ3) is 3.76. The Bertz CT molecular complexity index is 298. The summed E-state index contributed by atoms with van der Waals surface area (Å²) in [7, 11) is 0. The number of nitrogens with two attached hydrogens (primary N) is 1. The molecule has 0 saturated carbocycles. The predicted molar refractivity (Wildman–Crippen MR) is 60.3 cm³/mol. The van der Waals surface area contributed by atoms with Crippen LogP contribution in [0.2, 0.25) is 0 Å². The van der Waals surface area contributed by atoms with E-state index in [0.717, 1.165) is 24.4 Å². The molecule has 0 fully saturated rings. The first kappa shape index (κ1) is 10.3. The molecule has 0 bridgehead atoms. The summed E-state index contributed by atoms with van der Waals surface area (Å²) in [6.45, 7) is 5.24. The molecule has 74 valence electrons. The molecule has 0 saturated heterocycles. The number of ether oxygens (including phenoxy) is 1. The summed E-state index contributed by atoms with van der Waals surface area (Å²) in [6.07, 6.45) is 3.28. The molecule has 1 aromatic carbocycles. The van der Waals surface area contributed by atoms with Gasteiger partial charge >= 0.3 is 0 Å². The highest BCUT2D eigenvalue weighted by Crippen LogP contribution is 2.05. The van der Waals surface area contributed by atoms with Gasteiger partial charge in [-0.3, -0.25) is 4.99 Å². The van der Waals surface area contributed by atoms with Gasteiger partial charge in [0.05, 0.1) is 6.54 Å². The second-order valence-electron chi connectivity index (χ2n) is 2.75. The lowest BCUT2D eigenvalue weighted by Gasteiger charge is -1.91. The number of nitrogens with zero attached hydrogens (tertiary/aromatic N) is 1. The third-order valence-corrected chi connectivity index (χ3v) is 1.66. The van der Waals surface area contributed by atoms with Gasteiger partial charge in [-0.05, 0) is 17.7 Å². The highest BCUT2D eigenvalue weighted by Gasteiger charge is 1.84. The molecule has 0 unspecified atom stereocenters. The van der Waals surface area contributed by atoms with Crippen LogP contribution in [0, 0.1) is 0 Å². The van der Waals surface area contributed by atoms with Gasteiger partial charge in [0, 0.05) is 5.69 Å². The minimum atomic E-state index is 0.778. The Balaban J connectivity index is 0.000000165. The normalized spacial score (nSPS) is 12.6. The maximum absolute atomic E-state index is 5.45. The van der Waals surface area contributed by atoms with E-state index in [1.807, 2.05) is 24.3 Å². The molecule has 1 aliphatic rings. The largest absolute Gasteiger partial charge is 0.482 e. The van der Waals surface area contributed by atoms with E-state index in [4.69, 9.17) is 5.73 Å². The monoisotopic (exact) mass is 190 g/mol. The van der Waals surface area contributed by atoms with Gasteiger partial charge in [0.1, 0.15) is 6.61 Å². The minimum absolute atomic E-state index is 0.778. The number of rotatable bonds is 1. The molecule has 0 atom stereocenters. The molecule has 1 aromatic rings. The van der Waals surface area contributed by atoms with Crippen LogP contribution >= 0.6 is 0 Å². The number of anilines is 1.